The van der Waals surface area contributed by atoms with E-state index in [0.717, 1.165) is 11.3 Å². The summed E-state index contributed by atoms with van der Waals surface area (Å²) in [5, 5.41) is 4.01. The molecule has 0 spiro atoms. The summed E-state index contributed by atoms with van der Waals surface area (Å²) in [6.45, 7) is 1.74. The van der Waals surface area contributed by atoms with Crippen LogP contribution in [0.25, 0.3) is 0 Å². The number of halogens is 1. The molecule has 0 radical (unpaired) electrons. The molecule has 0 aliphatic heterocycles. The van der Waals surface area contributed by atoms with Gasteiger partial charge in [-0.2, -0.15) is 0 Å². The zero-order chi connectivity index (χ0) is 21.7. The molecule has 30 heavy (non-hydrogen) atoms. The maximum atomic E-state index is 12.5. The van der Waals surface area contributed by atoms with Crippen LogP contribution in [-0.2, 0) is 17.0 Å². The Morgan fingerprint density at radius 3 is 2.57 bits per heavy atom. The van der Waals surface area contributed by atoms with Crippen LogP contribution in [0.5, 0.6) is 0 Å². The van der Waals surface area contributed by atoms with Gasteiger partial charge in [-0.15, -0.1) is 0 Å². The number of rotatable bonds is 7. The molecule has 8 heteroatoms. The van der Waals surface area contributed by atoms with Crippen LogP contribution in [0, 0.1) is 6.92 Å². The van der Waals surface area contributed by atoms with E-state index < -0.39 is 0 Å². The first-order chi connectivity index (χ1) is 14.3. The molecule has 3 aromatic rings. The molecule has 0 saturated heterocycles. The first-order valence-electron chi connectivity index (χ1n) is 9.36. The number of benzene rings is 2. The van der Waals surface area contributed by atoms with E-state index in [-0.39, 0.29) is 17.9 Å². The Balaban J connectivity index is 1.64. The molecule has 1 aromatic heterocycles. The van der Waals surface area contributed by atoms with Crippen LogP contribution >= 0.6 is 23.4 Å². The van der Waals surface area contributed by atoms with Crippen molar-refractivity contribution in [1.29, 1.82) is 0 Å². The molecule has 156 valence electrons. The Bertz CT molecular complexity index is 1100. The predicted octanol–water partition coefficient (Wildman–Crippen LogP) is 4.27. The van der Waals surface area contributed by atoms with Crippen LogP contribution in [0.4, 0.5) is 11.4 Å². The fourth-order valence-electron chi connectivity index (χ4n) is 2.85. The second-order valence-corrected chi connectivity index (χ2v) is 8.42. The van der Waals surface area contributed by atoms with E-state index in [9.17, 15) is 9.59 Å². The lowest BCUT2D eigenvalue weighted by atomic mass is 10.1. The van der Waals surface area contributed by atoms with Crippen LogP contribution in [0.15, 0.2) is 58.5 Å². The Morgan fingerprint density at radius 1 is 1.20 bits per heavy atom. The summed E-state index contributed by atoms with van der Waals surface area (Å²) in [5.74, 6) is 0.369. The quantitative estimate of drug-likeness (QED) is 0.422. The lowest BCUT2D eigenvalue weighted by molar-refractivity contribution is -0.115. The minimum absolute atomic E-state index is 0.0389. The summed E-state index contributed by atoms with van der Waals surface area (Å²) in [6, 6.07) is 15.0. The van der Waals surface area contributed by atoms with Crippen LogP contribution in [0.3, 0.4) is 0 Å². The lowest BCUT2D eigenvalue weighted by Crippen LogP contribution is -2.23. The zero-order valence-corrected chi connectivity index (χ0v) is 18.6. The number of aromatic nitrogens is 2. The molecule has 1 amide bonds. The van der Waals surface area contributed by atoms with Crippen molar-refractivity contribution in [2.24, 2.45) is 0 Å². The van der Waals surface area contributed by atoms with Gasteiger partial charge in [-0.25, -0.2) is 4.98 Å². The van der Waals surface area contributed by atoms with Gasteiger partial charge in [0, 0.05) is 47.5 Å². The molecule has 0 aliphatic carbocycles. The van der Waals surface area contributed by atoms with Crippen molar-refractivity contribution in [3.63, 3.8) is 0 Å². The highest BCUT2D eigenvalue weighted by Crippen LogP contribution is 2.21. The monoisotopic (exact) mass is 442 g/mol. The molecule has 3 rings (SSSR count). The molecule has 2 aromatic carbocycles. The van der Waals surface area contributed by atoms with E-state index in [0.29, 0.717) is 32.9 Å². The third kappa shape index (κ3) is 5.87. The third-order valence-corrected chi connectivity index (χ3v) is 5.65. The highest BCUT2D eigenvalue weighted by molar-refractivity contribution is 7.98. The number of thioether (sulfide) groups is 1. The molecule has 2 N–H and O–H groups in total. The molecule has 1 heterocycles. The van der Waals surface area contributed by atoms with E-state index in [2.05, 4.69) is 15.3 Å². The lowest BCUT2D eigenvalue weighted by Gasteiger charge is -2.13. The maximum Gasteiger partial charge on any atom is 0.255 e. The van der Waals surface area contributed by atoms with Gasteiger partial charge >= 0.3 is 0 Å². The number of hydrogen-bond acceptors (Lipinski definition) is 5. The molecule has 0 saturated carbocycles. The second-order valence-electron chi connectivity index (χ2n) is 7.02. The summed E-state index contributed by atoms with van der Waals surface area (Å²) in [6.07, 6.45) is -0.0389. The Hall–Kier alpha value is -2.77. The van der Waals surface area contributed by atoms with E-state index in [1.807, 2.05) is 67.5 Å². The van der Waals surface area contributed by atoms with Gasteiger partial charge in [-0.1, -0.05) is 35.5 Å². The number of anilines is 2. The minimum Gasteiger partial charge on any atom is -0.378 e. The molecular weight excluding hydrogens is 420 g/mol. The largest absolute Gasteiger partial charge is 0.378 e. The summed E-state index contributed by atoms with van der Waals surface area (Å²) < 4.78 is 0. The summed E-state index contributed by atoms with van der Waals surface area (Å²) >= 11 is 7.42. The van der Waals surface area contributed by atoms with Gasteiger partial charge in [-0.3, -0.25) is 9.59 Å². The van der Waals surface area contributed by atoms with Gasteiger partial charge in [0.15, 0.2) is 5.16 Å². The number of carbonyl (C=O) groups excluding carboxylic acids is 1. The number of H-pyrrole nitrogens is 1. The van der Waals surface area contributed by atoms with Crippen LogP contribution in [0.2, 0.25) is 5.02 Å². The van der Waals surface area contributed by atoms with E-state index in [4.69, 9.17) is 11.6 Å². The SMILES string of the molecule is Cc1nc(SCc2cccc(Cl)c2)[nH]c(=O)c1CC(=O)Nc1ccc(N(C)C)cc1. The normalized spacial score (nSPS) is 10.7. The summed E-state index contributed by atoms with van der Waals surface area (Å²) in [5.41, 5.74) is 3.37. The van der Waals surface area contributed by atoms with E-state index >= 15 is 0 Å². The second kappa shape index (κ2) is 9.82. The number of aryl methyl sites for hydroxylation is 1. The first kappa shape index (κ1) is 21.9. The number of aromatic amines is 1. The van der Waals surface area contributed by atoms with Crippen LogP contribution < -0.4 is 15.8 Å². The average Bonchev–Trinajstić information content (AvgIpc) is 2.69. The van der Waals surface area contributed by atoms with Gasteiger partial charge in [0.05, 0.1) is 6.42 Å². The molecule has 6 nitrogen and oxygen atoms in total. The van der Waals surface area contributed by atoms with Crippen molar-refractivity contribution in [2.45, 2.75) is 24.3 Å². The average molecular weight is 443 g/mol. The third-order valence-electron chi connectivity index (χ3n) is 4.47. The number of hydrogen-bond donors (Lipinski definition) is 2. The van der Waals surface area contributed by atoms with Gasteiger partial charge in [0.2, 0.25) is 5.91 Å². The van der Waals surface area contributed by atoms with Gasteiger partial charge < -0.3 is 15.2 Å². The molecule has 0 aliphatic rings. The summed E-state index contributed by atoms with van der Waals surface area (Å²) in [7, 11) is 3.90. The highest BCUT2D eigenvalue weighted by Gasteiger charge is 2.13. The Labute approximate surface area is 184 Å². The Kier molecular flexibility index (Phi) is 7.18. The molecular formula is C22H23ClN4O2S. The summed E-state index contributed by atoms with van der Waals surface area (Å²) in [4.78, 5) is 34.1. The van der Waals surface area contributed by atoms with Crippen molar-refractivity contribution >= 4 is 40.6 Å². The van der Waals surface area contributed by atoms with Crippen molar-refractivity contribution < 1.29 is 4.79 Å². The van der Waals surface area contributed by atoms with E-state index in [1.54, 1.807) is 6.92 Å². The van der Waals surface area contributed by atoms with Crippen molar-refractivity contribution in [3.8, 4) is 0 Å². The maximum absolute atomic E-state index is 12.5. The van der Waals surface area contributed by atoms with Gasteiger partial charge in [-0.05, 0) is 48.9 Å². The topological polar surface area (TPSA) is 78.1 Å². The number of nitrogens with zero attached hydrogens (tertiary/aromatic N) is 2. The highest BCUT2D eigenvalue weighted by atomic mass is 35.5. The van der Waals surface area contributed by atoms with Crippen LogP contribution in [-0.4, -0.2) is 30.0 Å². The number of amides is 1. The molecule has 0 bridgehead atoms. The standard InChI is InChI=1S/C22H23ClN4O2S/c1-14-19(12-20(28)25-17-7-9-18(10-8-17)27(2)3)21(29)26-22(24-14)30-13-15-5-4-6-16(23)11-15/h4-11H,12-13H2,1-3H3,(H,25,28)(H,24,26,29). The van der Waals surface area contributed by atoms with E-state index in [1.165, 1.54) is 11.8 Å². The minimum atomic E-state index is -0.297. The van der Waals surface area contributed by atoms with Crippen LogP contribution in [0.1, 0.15) is 16.8 Å². The molecule has 0 fully saturated rings. The smallest absolute Gasteiger partial charge is 0.255 e. The fraction of sp³-hybridized carbons (Fsp3) is 0.227. The first-order valence-corrected chi connectivity index (χ1v) is 10.7. The molecule has 0 unspecified atom stereocenters. The van der Waals surface area contributed by atoms with Gasteiger partial charge in [0.25, 0.3) is 5.56 Å². The Morgan fingerprint density at radius 2 is 1.93 bits per heavy atom. The van der Waals surface area contributed by atoms with Gasteiger partial charge in [0.1, 0.15) is 0 Å². The fourth-order valence-corrected chi connectivity index (χ4v) is 3.91. The number of nitrogens with one attached hydrogen (secondary N) is 2. The number of carbonyl (C=O) groups is 1. The zero-order valence-electron chi connectivity index (χ0n) is 17.0. The van der Waals surface area contributed by atoms with Crippen molar-refractivity contribution in [3.05, 3.63) is 80.7 Å². The molecule has 0 atom stereocenters. The predicted molar refractivity (Wildman–Crippen MR) is 124 cm³/mol. The van der Waals surface area contributed by atoms with Crippen molar-refractivity contribution in [2.75, 3.05) is 24.3 Å². The van der Waals surface area contributed by atoms with Crippen molar-refractivity contribution in [1.82, 2.24) is 9.97 Å².